The number of carbonyl (C=O) groups excluding carboxylic acids is 4. The largest absolute Gasteiger partial charge is 0.472 e. The van der Waals surface area contributed by atoms with Gasteiger partial charge in [-0.15, -0.1) is 0 Å². The van der Waals surface area contributed by atoms with Gasteiger partial charge in [-0.25, -0.2) is 14.6 Å². The first-order valence-electron chi connectivity index (χ1n) is 17.8. The first-order valence-corrected chi connectivity index (χ1v) is 17.8. The van der Waals surface area contributed by atoms with Crippen LogP contribution in [0.5, 0.6) is 5.88 Å². The van der Waals surface area contributed by atoms with Gasteiger partial charge in [-0.1, -0.05) is 62.1 Å². The summed E-state index contributed by atoms with van der Waals surface area (Å²) in [6, 6.07) is 13.6. The minimum Gasteiger partial charge on any atom is -0.472 e. The molecule has 0 spiro atoms. The van der Waals surface area contributed by atoms with E-state index >= 15 is 0 Å². The molecule has 268 valence electrons. The lowest BCUT2D eigenvalue weighted by Crippen LogP contribution is -2.57. The van der Waals surface area contributed by atoms with Crippen LogP contribution >= 0.6 is 0 Å². The quantitative estimate of drug-likeness (QED) is 0.254. The Balaban J connectivity index is 1.34. The molecule has 3 aliphatic rings. The van der Waals surface area contributed by atoms with Crippen LogP contribution in [0.4, 0.5) is 4.79 Å². The zero-order valence-electron chi connectivity index (χ0n) is 29.3. The fourth-order valence-electron chi connectivity index (χ4n) is 7.40. The molecule has 1 aromatic heterocycles. The number of amides is 3. The molecule has 12 heteroatoms. The normalized spacial score (nSPS) is 27.7. The standard InChI is InChI=1S/C38H48N4O8/c1-5-48-35(46)38-21-27(38)31(43)19-9-7-6-8-18-29(40-36(47)50-37(2,3)4)34(45)42-22-23(20-30(42)32(44)41-38)49-33-26-16-11-10-14-24(26)25-15-12-13-17-28(25)39-33/h10-17,23,27,29-31,43H,5-9,18-22H2,1-4H3,(H,40,47)(H,41,44). The number of nitrogens with one attached hydrogen (secondary N) is 2. The number of alkyl carbamates (subject to hydrolysis) is 1. The van der Waals surface area contributed by atoms with Crippen LogP contribution in [0.3, 0.4) is 0 Å². The highest BCUT2D eigenvalue weighted by Gasteiger charge is 2.65. The topological polar surface area (TPSA) is 156 Å². The second-order valence-corrected chi connectivity index (χ2v) is 14.7. The molecule has 6 unspecified atom stereocenters. The monoisotopic (exact) mass is 688 g/mol. The molecule has 3 heterocycles. The molecule has 12 nitrogen and oxygen atoms in total. The third-order valence-corrected chi connectivity index (χ3v) is 9.90. The number of esters is 1. The molecule has 3 amide bonds. The molecule has 2 aromatic carbocycles. The van der Waals surface area contributed by atoms with Crippen molar-refractivity contribution in [3.63, 3.8) is 0 Å². The summed E-state index contributed by atoms with van der Waals surface area (Å²) in [5.74, 6) is -1.69. The van der Waals surface area contributed by atoms with Crippen molar-refractivity contribution in [3.05, 3.63) is 48.5 Å². The molecule has 1 aliphatic carbocycles. The van der Waals surface area contributed by atoms with E-state index < -0.39 is 65.2 Å². The number of rotatable bonds is 5. The van der Waals surface area contributed by atoms with Crippen LogP contribution in [0.1, 0.15) is 79.1 Å². The fourth-order valence-corrected chi connectivity index (χ4v) is 7.40. The lowest BCUT2D eigenvalue weighted by atomic mass is 10.0. The molecular formula is C38H48N4O8. The summed E-state index contributed by atoms with van der Waals surface area (Å²) in [4.78, 5) is 61.2. The summed E-state index contributed by atoms with van der Waals surface area (Å²) in [6.45, 7) is 7.10. The number of aliphatic hydroxyl groups excluding tert-OH is 1. The van der Waals surface area contributed by atoms with Crippen molar-refractivity contribution < 1.29 is 38.5 Å². The van der Waals surface area contributed by atoms with Gasteiger partial charge < -0.3 is 34.9 Å². The van der Waals surface area contributed by atoms with Gasteiger partial charge in [-0.2, -0.15) is 0 Å². The smallest absolute Gasteiger partial charge is 0.408 e. The van der Waals surface area contributed by atoms with E-state index in [0.717, 1.165) is 34.5 Å². The summed E-state index contributed by atoms with van der Waals surface area (Å²) in [5, 5.41) is 19.5. The molecule has 6 rings (SSSR count). The summed E-state index contributed by atoms with van der Waals surface area (Å²) >= 11 is 0. The Hall–Kier alpha value is -4.45. The third kappa shape index (κ3) is 7.50. The minimum atomic E-state index is -1.38. The molecule has 3 fully saturated rings. The van der Waals surface area contributed by atoms with Gasteiger partial charge in [-0.3, -0.25) is 9.59 Å². The highest BCUT2D eigenvalue weighted by atomic mass is 16.6. The Morgan fingerprint density at radius 1 is 1.00 bits per heavy atom. The predicted octanol–water partition coefficient (Wildman–Crippen LogP) is 4.78. The second kappa shape index (κ2) is 14.4. The lowest BCUT2D eigenvalue weighted by molar-refractivity contribution is -0.151. The Bertz CT molecular complexity index is 1760. The van der Waals surface area contributed by atoms with Crippen molar-refractivity contribution in [1.82, 2.24) is 20.5 Å². The molecule has 50 heavy (non-hydrogen) atoms. The van der Waals surface area contributed by atoms with Gasteiger partial charge in [0.05, 0.1) is 24.8 Å². The number of aliphatic hydroxyl groups is 1. The maximum atomic E-state index is 14.4. The molecule has 0 radical (unpaired) electrons. The van der Waals surface area contributed by atoms with Gasteiger partial charge in [0.15, 0.2) is 0 Å². The molecule has 2 aliphatic heterocycles. The van der Waals surface area contributed by atoms with Crippen LogP contribution in [0.2, 0.25) is 0 Å². The average Bonchev–Trinajstić information content (AvgIpc) is 3.65. The van der Waals surface area contributed by atoms with Crippen molar-refractivity contribution >= 4 is 45.6 Å². The molecule has 6 atom stereocenters. The Labute approximate surface area is 292 Å². The highest BCUT2D eigenvalue weighted by molar-refractivity contribution is 6.07. The molecular weight excluding hydrogens is 640 g/mol. The van der Waals surface area contributed by atoms with E-state index in [1.807, 2.05) is 48.5 Å². The Kier molecular flexibility index (Phi) is 10.2. The van der Waals surface area contributed by atoms with E-state index in [2.05, 4.69) is 10.6 Å². The van der Waals surface area contributed by atoms with Crippen molar-refractivity contribution in [2.24, 2.45) is 5.92 Å². The van der Waals surface area contributed by atoms with Gasteiger partial charge in [0.25, 0.3) is 0 Å². The van der Waals surface area contributed by atoms with E-state index in [4.69, 9.17) is 19.2 Å². The number of aromatic nitrogens is 1. The van der Waals surface area contributed by atoms with E-state index in [1.54, 1.807) is 27.7 Å². The Morgan fingerprint density at radius 3 is 2.40 bits per heavy atom. The number of nitrogens with zero attached hydrogens (tertiary/aromatic N) is 2. The van der Waals surface area contributed by atoms with E-state index in [1.165, 1.54) is 4.90 Å². The number of hydrogen-bond acceptors (Lipinski definition) is 9. The first-order chi connectivity index (χ1) is 23.9. The van der Waals surface area contributed by atoms with Gasteiger partial charge in [0.2, 0.25) is 17.7 Å². The molecule has 3 aromatic rings. The Morgan fingerprint density at radius 2 is 1.68 bits per heavy atom. The van der Waals surface area contributed by atoms with E-state index in [9.17, 15) is 24.3 Å². The van der Waals surface area contributed by atoms with Crippen LogP contribution in [0, 0.1) is 5.92 Å². The lowest BCUT2D eigenvalue weighted by Gasteiger charge is -2.30. The van der Waals surface area contributed by atoms with Crippen molar-refractivity contribution in [2.75, 3.05) is 13.2 Å². The summed E-state index contributed by atoms with van der Waals surface area (Å²) < 4.78 is 17.4. The van der Waals surface area contributed by atoms with Crippen LogP contribution in [0.25, 0.3) is 21.7 Å². The van der Waals surface area contributed by atoms with Crippen LogP contribution < -0.4 is 15.4 Å². The SMILES string of the molecule is CCOC(=O)C12CC1C(O)CCCCCCC(NC(=O)OC(C)(C)C)C(=O)N1CC(Oc3nc4ccccc4c4ccccc34)CC1C(=O)N2. The number of hydrogen-bond donors (Lipinski definition) is 3. The maximum Gasteiger partial charge on any atom is 0.408 e. The summed E-state index contributed by atoms with van der Waals surface area (Å²) in [7, 11) is 0. The molecule has 3 N–H and O–H groups in total. The number of pyridine rings is 1. The summed E-state index contributed by atoms with van der Waals surface area (Å²) in [5.41, 5.74) is -1.41. The molecule has 1 saturated carbocycles. The number of ether oxygens (including phenoxy) is 3. The van der Waals surface area contributed by atoms with Gasteiger partial charge >= 0.3 is 12.1 Å². The number of carbonyl (C=O) groups is 4. The number of fused-ring (bicyclic) bond motifs is 5. The van der Waals surface area contributed by atoms with E-state index in [0.29, 0.717) is 31.6 Å². The fraction of sp³-hybridized carbons (Fsp3) is 0.553. The maximum absolute atomic E-state index is 14.4. The van der Waals surface area contributed by atoms with E-state index in [-0.39, 0.29) is 26.0 Å². The second-order valence-electron chi connectivity index (χ2n) is 14.7. The zero-order valence-corrected chi connectivity index (χ0v) is 29.3. The van der Waals surface area contributed by atoms with Crippen molar-refractivity contribution in [2.45, 2.75) is 114 Å². The predicted molar refractivity (Wildman–Crippen MR) is 186 cm³/mol. The number of para-hydroxylation sites is 1. The number of benzene rings is 2. The van der Waals surface area contributed by atoms with Crippen LogP contribution in [-0.2, 0) is 23.9 Å². The molecule has 2 saturated heterocycles. The van der Waals surface area contributed by atoms with Crippen LogP contribution in [-0.4, -0.2) is 87.5 Å². The minimum absolute atomic E-state index is 0.0463. The van der Waals surface area contributed by atoms with Crippen molar-refractivity contribution in [1.29, 1.82) is 0 Å². The van der Waals surface area contributed by atoms with Crippen LogP contribution in [0.15, 0.2) is 48.5 Å². The zero-order chi connectivity index (χ0) is 35.6. The van der Waals surface area contributed by atoms with Gasteiger partial charge in [0.1, 0.15) is 29.3 Å². The molecule has 0 bridgehead atoms. The van der Waals surface area contributed by atoms with Gasteiger partial charge in [-0.05, 0) is 64.5 Å². The first kappa shape index (κ1) is 35.4. The highest BCUT2D eigenvalue weighted by Crippen LogP contribution is 2.48. The summed E-state index contributed by atoms with van der Waals surface area (Å²) in [6.07, 6.45) is 1.94. The third-order valence-electron chi connectivity index (χ3n) is 9.90. The average molecular weight is 689 g/mol. The van der Waals surface area contributed by atoms with Gasteiger partial charge in [0, 0.05) is 23.1 Å². The van der Waals surface area contributed by atoms with Crippen molar-refractivity contribution in [3.8, 4) is 5.88 Å².